The van der Waals surface area contributed by atoms with Gasteiger partial charge in [-0.3, -0.25) is 4.79 Å². The predicted octanol–water partition coefficient (Wildman–Crippen LogP) is 3.27. The molecule has 7 heteroatoms. The molecular formula is C19H21N3O3S. The van der Waals surface area contributed by atoms with Crippen LogP contribution in [0.4, 0.5) is 0 Å². The molecule has 2 aromatic rings. The summed E-state index contributed by atoms with van der Waals surface area (Å²) >= 11 is 1.44. The predicted molar refractivity (Wildman–Crippen MR) is 102 cm³/mol. The number of rotatable bonds is 9. The lowest BCUT2D eigenvalue weighted by molar-refractivity contribution is -0.117. The lowest BCUT2D eigenvalue weighted by Gasteiger charge is -2.04. The van der Waals surface area contributed by atoms with Crippen LogP contribution < -0.4 is 10.1 Å². The van der Waals surface area contributed by atoms with Gasteiger partial charge >= 0.3 is 0 Å². The molecule has 26 heavy (non-hydrogen) atoms. The van der Waals surface area contributed by atoms with Crippen molar-refractivity contribution in [2.45, 2.75) is 13.3 Å². The molecule has 1 aromatic heterocycles. The van der Waals surface area contributed by atoms with E-state index in [4.69, 9.17) is 9.47 Å². The SMILES string of the molecule is CCOCCCNC(=O)C(C#N)=Cc1csc(-c2cccc(OC)c2)n1. The van der Waals surface area contributed by atoms with Crippen molar-refractivity contribution in [2.75, 3.05) is 26.9 Å². The van der Waals surface area contributed by atoms with Gasteiger partial charge in [0.2, 0.25) is 0 Å². The molecule has 0 atom stereocenters. The molecule has 1 heterocycles. The number of ether oxygens (including phenoxy) is 2. The zero-order chi connectivity index (χ0) is 18.8. The van der Waals surface area contributed by atoms with Crippen LogP contribution >= 0.6 is 11.3 Å². The smallest absolute Gasteiger partial charge is 0.262 e. The number of hydrogen-bond donors (Lipinski definition) is 1. The van der Waals surface area contributed by atoms with Gasteiger partial charge in [-0.25, -0.2) is 4.98 Å². The Morgan fingerprint density at radius 3 is 3.04 bits per heavy atom. The van der Waals surface area contributed by atoms with Gasteiger partial charge in [0.15, 0.2) is 0 Å². The van der Waals surface area contributed by atoms with E-state index >= 15 is 0 Å². The molecule has 136 valence electrons. The van der Waals surface area contributed by atoms with Crippen LogP contribution in [0.25, 0.3) is 16.6 Å². The van der Waals surface area contributed by atoms with E-state index in [1.54, 1.807) is 7.11 Å². The lowest BCUT2D eigenvalue weighted by atomic mass is 10.2. The Bertz CT molecular complexity index is 808. The Labute approximate surface area is 157 Å². The van der Waals surface area contributed by atoms with E-state index in [1.807, 2.05) is 42.6 Å². The molecule has 2 rings (SSSR count). The third kappa shape index (κ3) is 5.69. The molecule has 0 bridgehead atoms. The highest BCUT2D eigenvalue weighted by Crippen LogP contribution is 2.27. The first-order valence-electron chi connectivity index (χ1n) is 8.25. The van der Waals surface area contributed by atoms with Crippen LogP contribution in [0.2, 0.25) is 0 Å². The summed E-state index contributed by atoms with van der Waals surface area (Å²) in [6.07, 6.45) is 2.20. The maximum atomic E-state index is 12.1. The number of nitriles is 1. The molecule has 1 aromatic carbocycles. The summed E-state index contributed by atoms with van der Waals surface area (Å²) in [6, 6.07) is 9.51. The summed E-state index contributed by atoms with van der Waals surface area (Å²) in [5.41, 5.74) is 1.53. The molecule has 0 fully saturated rings. The van der Waals surface area contributed by atoms with Gasteiger partial charge < -0.3 is 14.8 Å². The standard InChI is InChI=1S/C19H21N3O3S/c1-3-25-9-5-8-21-18(23)15(12-20)10-16-13-26-19(22-16)14-6-4-7-17(11-14)24-2/h4,6-7,10-11,13H,3,5,8-9H2,1-2H3,(H,21,23). The maximum absolute atomic E-state index is 12.1. The minimum Gasteiger partial charge on any atom is -0.497 e. The summed E-state index contributed by atoms with van der Waals surface area (Å²) in [5.74, 6) is 0.346. The van der Waals surface area contributed by atoms with Gasteiger partial charge in [0, 0.05) is 30.7 Å². The number of hydrogen-bond acceptors (Lipinski definition) is 6. The van der Waals surface area contributed by atoms with Crippen molar-refractivity contribution in [3.63, 3.8) is 0 Å². The second-order valence-electron chi connectivity index (χ2n) is 5.29. The number of benzene rings is 1. The van der Waals surface area contributed by atoms with E-state index in [0.717, 1.165) is 16.3 Å². The van der Waals surface area contributed by atoms with Crippen LogP contribution in [0.3, 0.4) is 0 Å². The van der Waals surface area contributed by atoms with Crippen molar-refractivity contribution in [2.24, 2.45) is 0 Å². The topological polar surface area (TPSA) is 84.2 Å². The van der Waals surface area contributed by atoms with Gasteiger partial charge in [-0.05, 0) is 31.6 Å². The Morgan fingerprint density at radius 1 is 1.46 bits per heavy atom. The van der Waals surface area contributed by atoms with Gasteiger partial charge in [0.1, 0.15) is 22.4 Å². The highest BCUT2D eigenvalue weighted by atomic mass is 32.1. The normalized spacial score (nSPS) is 11.0. The second-order valence-corrected chi connectivity index (χ2v) is 6.14. The van der Waals surface area contributed by atoms with Crippen LogP contribution in [0.1, 0.15) is 19.0 Å². The van der Waals surface area contributed by atoms with Crippen molar-refractivity contribution in [1.82, 2.24) is 10.3 Å². The number of carbonyl (C=O) groups is 1. The second kappa shape index (κ2) is 10.3. The van der Waals surface area contributed by atoms with Gasteiger partial charge in [0.25, 0.3) is 5.91 Å². The number of nitrogens with zero attached hydrogens (tertiary/aromatic N) is 2. The van der Waals surface area contributed by atoms with Crippen molar-refractivity contribution >= 4 is 23.3 Å². The summed E-state index contributed by atoms with van der Waals surface area (Å²) in [6.45, 7) is 3.61. The van der Waals surface area contributed by atoms with Crippen LogP contribution in [-0.4, -0.2) is 37.8 Å². The van der Waals surface area contributed by atoms with E-state index in [-0.39, 0.29) is 5.57 Å². The number of thiazole rings is 1. The molecule has 1 amide bonds. The molecule has 1 N–H and O–H groups in total. The monoisotopic (exact) mass is 371 g/mol. The fourth-order valence-corrected chi connectivity index (χ4v) is 2.93. The molecule has 0 aliphatic carbocycles. The molecule has 0 saturated heterocycles. The van der Waals surface area contributed by atoms with Gasteiger partial charge in [0.05, 0.1) is 12.8 Å². The van der Waals surface area contributed by atoms with Crippen molar-refractivity contribution in [1.29, 1.82) is 5.26 Å². The number of amides is 1. The Kier molecular flexibility index (Phi) is 7.80. The van der Waals surface area contributed by atoms with Gasteiger partial charge in [-0.15, -0.1) is 11.3 Å². The average Bonchev–Trinajstić information content (AvgIpc) is 3.14. The number of nitrogens with one attached hydrogen (secondary N) is 1. The van der Waals surface area contributed by atoms with E-state index < -0.39 is 5.91 Å². The highest BCUT2D eigenvalue weighted by molar-refractivity contribution is 7.13. The van der Waals surface area contributed by atoms with Crippen molar-refractivity contribution < 1.29 is 14.3 Å². The Balaban J connectivity index is 2.04. The van der Waals surface area contributed by atoms with E-state index in [0.29, 0.717) is 31.9 Å². The minimum absolute atomic E-state index is 0.0314. The zero-order valence-electron chi connectivity index (χ0n) is 14.8. The first kappa shape index (κ1) is 19.6. The lowest BCUT2D eigenvalue weighted by Crippen LogP contribution is -2.26. The summed E-state index contributed by atoms with van der Waals surface area (Å²) in [5, 5.41) is 14.6. The van der Waals surface area contributed by atoms with Crippen LogP contribution in [0.15, 0.2) is 35.2 Å². The van der Waals surface area contributed by atoms with E-state index in [1.165, 1.54) is 17.4 Å². The molecule has 0 radical (unpaired) electrons. The first-order chi connectivity index (χ1) is 12.7. The van der Waals surface area contributed by atoms with Gasteiger partial charge in [-0.1, -0.05) is 12.1 Å². The zero-order valence-corrected chi connectivity index (χ0v) is 15.6. The maximum Gasteiger partial charge on any atom is 0.262 e. The molecule has 6 nitrogen and oxygen atoms in total. The van der Waals surface area contributed by atoms with Crippen molar-refractivity contribution in [3.8, 4) is 22.4 Å². The van der Waals surface area contributed by atoms with Crippen LogP contribution in [0, 0.1) is 11.3 Å². The fourth-order valence-electron chi connectivity index (χ4n) is 2.15. The van der Waals surface area contributed by atoms with Gasteiger partial charge in [-0.2, -0.15) is 5.26 Å². The third-order valence-corrected chi connectivity index (χ3v) is 4.36. The number of methoxy groups -OCH3 is 1. The Hall–Kier alpha value is -2.69. The summed E-state index contributed by atoms with van der Waals surface area (Å²) in [4.78, 5) is 16.6. The molecular weight excluding hydrogens is 350 g/mol. The summed E-state index contributed by atoms with van der Waals surface area (Å²) in [7, 11) is 1.61. The third-order valence-electron chi connectivity index (χ3n) is 3.45. The minimum atomic E-state index is -0.403. The van der Waals surface area contributed by atoms with Crippen LogP contribution in [0.5, 0.6) is 5.75 Å². The van der Waals surface area contributed by atoms with Crippen LogP contribution in [-0.2, 0) is 9.53 Å². The number of carbonyl (C=O) groups excluding carboxylic acids is 1. The highest BCUT2D eigenvalue weighted by Gasteiger charge is 2.10. The van der Waals surface area contributed by atoms with E-state index in [9.17, 15) is 10.1 Å². The molecule has 0 saturated carbocycles. The van der Waals surface area contributed by atoms with Crippen molar-refractivity contribution in [3.05, 3.63) is 40.9 Å². The fraction of sp³-hybridized carbons (Fsp3) is 0.316. The molecule has 0 aliphatic rings. The average molecular weight is 371 g/mol. The molecule has 0 unspecified atom stereocenters. The molecule has 0 spiro atoms. The van der Waals surface area contributed by atoms with E-state index in [2.05, 4.69) is 10.3 Å². The number of aromatic nitrogens is 1. The Morgan fingerprint density at radius 2 is 2.31 bits per heavy atom. The largest absolute Gasteiger partial charge is 0.497 e. The quantitative estimate of drug-likeness (QED) is 0.415. The first-order valence-corrected chi connectivity index (χ1v) is 9.13. The molecule has 0 aliphatic heterocycles. The summed E-state index contributed by atoms with van der Waals surface area (Å²) < 4.78 is 10.4.